The molecule has 1 N–H and O–H groups in total. The van der Waals surface area contributed by atoms with Gasteiger partial charge in [0.05, 0.1) is 24.2 Å². The molecule has 0 aliphatic rings. The number of aromatic nitrogens is 4. The lowest BCUT2D eigenvalue weighted by Gasteiger charge is -2.19. The molecule has 2 aromatic carbocycles. The first-order valence-corrected chi connectivity index (χ1v) is 15.2. The van der Waals surface area contributed by atoms with Crippen molar-refractivity contribution in [1.82, 2.24) is 19.9 Å². The van der Waals surface area contributed by atoms with Crippen LogP contribution in [0.4, 0.5) is 5.82 Å². The topological polar surface area (TPSA) is 144 Å². The van der Waals surface area contributed by atoms with E-state index in [-0.39, 0.29) is 47.0 Å². The number of hydrogen-bond acceptors (Lipinski definition) is 11. The van der Waals surface area contributed by atoms with Gasteiger partial charge < -0.3 is 23.7 Å². The van der Waals surface area contributed by atoms with Gasteiger partial charge in [0.2, 0.25) is 5.75 Å². The van der Waals surface area contributed by atoms with E-state index in [0.29, 0.717) is 29.4 Å². The predicted octanol–water partition coefficient (Wildman–Crippen LogP) is 5.63. The number of benzene rings is 2. The first kappa shape index (κ1) is 32.0. The Bertz CT molecular complexity index is 1670. The molecular weight excluding hydrogens is 586 g/mol. The number of anilines is 1. The molecule has 2 heterocycles. The maximum absolute atomic E-state index is 13.4. The van der Waals surface area contributed by atoms with Crippen molar-refractivity contribution in [1.29, 1.82) is 0 Å². The molecule has 0 saturated heterocycles. The summed E-state index contributed by atoms with van der Waals surface area (Å²) in [4.78, 5) is 16.7. The normalized spacial score (nSPS) is 11.4. The number of sulfonamides is 1. The zero-order valence-electron chi connectivity index (χ0n) is 25.2. The molecule has 0 amide bonds. The Morgan fingerprint density at radius 3 is 2.27 bits per heavy atom. The minimum Gasteiger partial charge on any atom is -0.497 e. The van der Waals surface area contributed by atoms with Crippen LogP contribution in [0.25, 0.3) is 5.76 Å². The van der Waals surface area contributed by atoms with E-state index < -0.39 is 10.0 Å². The maximum Gasteiger partial charge on any atom is 0.316 e. The van der Waals surface area contributed by atoms with Gasteiger partial charge in [-0.2, -0.15) is 4.98 Å². The van der Waals surface area contributed by atoms with E-state index in [2.05, 4.69) is 31.2 Å². The van der Waals surface area contributed by atoms with Crippen molar-refractivity contribution in [3.8, 4) is 29.1 Å². The van der Waals surface area contributed by atoms with Crippen LogP contribution in [-0.2, 0) is 20.2 Å². The Morgan fingerprint density at radius 1 is 0.932 bits per heavy atom. The van der Waals surface area contributed by atoms with Crippen LogP contribution in [0.5, 0.6) is 29.1 Å². The third-order valence-corrected chi connectivity index (χ3v) is 7.47. The second kappa shape index (κ2) is 14.0. The van der Waals surface area contributed by atoms with Crippen LogP contribution >= 0.6 is 0 Å². The van der Waals surface area contributed by atoms with Gasteiger partial charge in [0, 0.05) is 18.5 Å². The van der Waals surface area contributed by atoms with Crippen LogP contribution in [0.2, 0.25) is 0 Å². The van der Waals surface area contributed by atoms with E-state index in [1.54, 1.807) is 60.9 Å². The van der Waals surface area contributed by atoms with Gasteiger partial charge in [-0.25, -0.2) is 23.4 Å². The molecule has 0 saturated carbocycles. The molecule has 13 heteroatoms. The van der Waals surface area contributed by atoms with Crippen LogP contribution in [0.1, 0.15) is 38.8 Å². The minimum absolute atomic E-state index is 0.00268. The first-order valence-electron chi connectivity index (χ1n) is 13.7. The molecule has 0 bridgehead atoms. The minimum atomic E-state index is -4.05. The van der Waals surface area contributed by atoms with Gasteiger partial charge in [-0.1, -0.05) is 45.5 Å². The number of rotatable bonds is 14. The van der Waals surface area contributed by atoms with Crippen LogP contribution in [-0.4, -0.2) is 55.3 Å². The monoisotopic (exact) mass is 621 g/mol. The number of nitrogens with one attached hydrogen (secondary N) is 1. The fourth-order valence-corrected chi connectivity index (χ4v) is 4.80. The van der Waals surface area contributed by atoms with Crippen molar-refractivity contribution in [2.45, 2.75) is 38.0 Å². The van der Waals surface area contributed by atoms with E-state index in [0.717, 1.165) is 5.56 Å². The van der Waals surface area contributed by atoms with Crippen molar-refractivity contribution in [3.05, 3.63) is 85.0 Å². The Kier molecular flexibility index (Phi) is 10.2. The second-order valence-electron chi connectivity index (χ2n) is 10.3. The Morgan fingerprint density at radius 2 is 1.61 bits per heavy atom. The Balaban J connectivity index is 1.53. The SMILES string of the molecule is C=C(OCC)c1cnc(OCCOc2ncnc(NS(=O)(=O)c3ccc(C(C)(C)C)cc3)c2Oc2cccc(OC)c2)nc1. The zero-order chi connectivity index (χ0) is 31.7. The van der Waals surface area contributed by atoms with Crippen molar-refractivity contribution in [2.24, 2.45) is 0 Å². The molecule has 0 fully saturated rings. The van der Waals surface area contributed by atoms with Gasteiger partial charge in [0.25, 0.3) is 15.9 Å². The lowest BCUT2D eigenvalue weighted by atomic mass is 9.87. The highest BCUT2D eigenvalue weighted by atomic mass is 32.2. The van der Waals surface area contributed by atoms with Crippen LogP contribution in [0, 0.1) is 0 Å². The summed E-state index contributed by atoms with van der Waals surface area (Å²) in [5.74, 6) is 1.15. The van der Waals surface area contributed by atoms with Gasteiger partial charge in [0.15, 0.2) is 5.82 Å². The molecule has 0 spiro atoms. The highest BCUT2D eigenvalue weighted by molar-refractivity contribution is 7.92. The highest BCUT2D eigenvalue weighted by Crippen LogP contribution is 2.37. The molecular formula is C31H35N5O7S. The first-order chi connectivity index (χ1) is 21.0. The molecule has 0 unspecified atom stereocenters. The Labute approximate surface area is 257 Å². The van der Waals surface area contributed by atoms with Gasteiger partial charge in [-0.05, 0) is 42.2 Å². The summed E-state index contributed by atoms with van der Waals surface area (Å²) in [6.45, 7) is 12.4. The molecule has 232 valence electrons. The largest absolute Gasteiger partial charge is 0.497 e. The van der Waals surface area contributed by atoms with Crippen LogP contribution in [0.15, 0.2) is 78.7 Å². The summed E-state index contributed by atoms with van der Waals surface area (Å²) >= 11 is 0. The van der Waals surface area contributed by atoms with Gasteiger partial charge in [-0.3, -0.25) is 4.72 Å². The zero-order valence-corrected chi connectivity index (χ0v) is 26.1. The molecule has 0 aliphatic heterocycles. The smallest absolute Gasteiger partial charge is 0.316 e. The molecule has 0 radical (unpaired) electrons. The molecule has 44 heavy (non-hydrogen) atoms. The molecule has 0 aliphatic carbocycles. The van der Waals surface area contributed by atoms with E-state index >= 15 is 0 Å². The van der Waals surface area contributed by atoms with Gasteiger partial charge >= 0.3 is 6.01 Å². The molecule has 2 aromatic heterocycles. The average molecular weight is 622 g/mol. The summed E-state index contributed by atoms with van der Waals surface area (Å²) in [7, 11) is -2.53. The third-order valence-electron chi connectivity index (χ3n) is 6.12. The number of methoxy groups -OCH3 is 1. The summed E-state index contributed by atoms with van der Waals surface area (Å²) in [5, 5.41) is 0. The number of nitrogens with zero attached hydrogens (tertiary/aromatic N) is 4. The van der Waals surface area contributed by atoms with E-state index in [4.69, 9.17) is 23.7 Å². The third kappa shape index (κ3) is 8.34. The Hall–Kier alpha value is -4.91. The second-order valence-corrected chi connectivity index (χ2v) is 12.0. The summed E-state index contributed by atoms with van der Waals surface area (Å²) < 4.78 is 57.4. The molecule has 12 nitrogen and oxygen atoms in total. The highest BCUT2D eigenvalue weighted by Gasteiger charge is 2.23. The lowest BCUT2D eigenvalue weighted by molar-refractivity contribution is 0.197. The van der Waals surface area contributed by atoms with E-state index in [9.17, 15) is 8.42 Å². The number of ether oxygens (including phenoxy) is 5. The predicted molar refractivity (Wildman–Crippen MR) is 165 cm³/mol. The lowest BCUT2D eigenvalue weighted by Crippen LogP contribution is -2.17. The summed E-state index contributed by atoms with van der Waals surface area (Å²) in [6.07, 6.45) is 4.25. The fraction of sp³-hybridized carbons (Fsp3) is 0.290. The maximum atomic E-state index is 13.4. The van der Waals surface area contributed by atoms with Crippen molar-refractivity contribution >= 4 is 21.6 Å². The van der Waals surface area contributed by atoms with Gasteiger partial charge in [-0.15, -0.1) is 0 Å². The van der Waals surface area contributed by atoms with Gasteiger partial charge in [0.1, 0.15) is 36.8 Å². The van der Waals surface area contributed by atoms with E-state index in [1.807, 2.05) is 27.7 Å². The molecule has 4 rings (SSSR count). The standard InChI is InChI=1S/C31H35N5O7S/c1-7-40-21(2)22-18-32-30(33-19-22)42-16-15-41-29-27(43-25-10-8-9-24(17-25)39-6)28(34-20-35-29)36-44(37,38)26-13-11-23(12-14-26)31(3,4)5/h8-14,17-20H,2,7,15-16H2,1,3-6H3,(H,34,35,36). The van der Waals surface area contributed by atoms with Crippen LogP contribution in [0.3, 0.4) is 0 Å². The fourth-order valence-electron chi connectivity index (χ4n) is 3.79. The van der Waals surface area contributed by atoms with Crippen molar-refractivity contribution in [2.75, 3.05) is 31.7 Å². The van der Waals surface area contributed by atoms with Crippen molar-refractivity contribution in [3.63, 3.8) is 0 Å². The molecule has 0 atom stereocenters. The van der Waals surface area contributed by atoms with Crippen LogP contribution < -0.4 is 23.7 Å². The number of hydrogen-bond donors (Lipinski definition) is 1. The van der Waals surface area contributed by atoms with Crippen molar-refractivity contribution < 1.29 is 32.1 Å². The summed E-state index contributed by atoms with van der Waals surface area (Å²) in [5.41, 5.74) is 1.50. The summed E-state index contributed by atoms with van der Waals surface area (Å²) in [6, 6.07) is 13.6. The molecule has 4 aromatic rings. The quantitative estimate of drug-likeness (QED) is 0.138. The average Bonchev–Trinajstić information content (AvgIpc) is 3.00. The van der Waals surface area contributed by atoms with E-state index in [1.165, 1.54) is 13.4 Å².